The third kappa shape index (κ3) is 4.68. The van der Waals surface area contributed by atoms with Gasteiger partial charge in [-0.1, -0.05) is 11.3 Å². The quantitative estimate of drug-likeness (QED) is 0.368. The topological polar surface area (TPSA) is 107 Å². The zero-order chi connectivity index (χ0) is 24.7. The van der Waals surface area contributed by atoms with Gasteiger partial charge in [-0.25, -0.2) is 14.8 Å². The second kappa shape index (κ2) is 8.89. The molecule has 35 heavy (non-hydrogen) atoms. The minimum Gasteiger partial charge on any atom is -0.376 e. The minimum atomic E-state index is -4.68. The van der Waals surface area contributed by atoms with Gasteiger partial charge in [-0.2, -0.15) is 28.2 Å². The van der Waals surface area contributed by atoms with Crippen LogP contribution in [-0.4, -0.2) is 38.1 Å². The van der Waals surface area contributed by atoms with Crippen LogP contribution in [0.15, 0.2) is 36.8 Å². The van der Waals surface area contributed by atoms with Crippen LogP contribution in [-0.2, 0) is 10.9 Å². The summed E-state index contributed by atoms with van der Waals surface area (Å²) in [6.45, 7) is 1.87. The number of pyridine rings is 1. The Labute approximate surface area is 201 Å². The van der Waals surface area contributed by atoms with Gasteiger partial charge in [-0.15, -0.1) is 0 Å². The summed E-state index contributed by atoms with van der Waals surface area (Å²) >= 11 is 1.44. The van der Waals surface area contributed by atoms with Gasteiger partial charge in [0.2, 0.25) is 0 Å². The molecule has 1 saturated carbocycles. The summed E-state index contributed by atoms with van der Waals surface area (Å²) in [6, 6.07) is 2.67. The Morgan fingerprint density at radius 1 is 1.23 bits per heavy atom. The van der Waals surface area contributed by atoms with E-state index in [1.807, 2.05) is 6.92 Å². The summed E-state index contributed by atoms with van der Waals surface area (Å²) in [4.78, 5) is 23.4. The second-order valence-corrected chi connectivity index (χ2v) is 9.27. The lowest BCUT2D eigenvalue weighted by atomic mass is 10.0. The van der Waals surface area contributed by atoms with Crippen molar-refractivity contribution < 1.29 is 22.7 Å². The van der Waals surface area contributed by atoms with Crippen LogP contribution in [0.25, 0.3) is 16.0 Å². The fourth-order valence-corrected chi connectivity index (χ4v) is 4.75. The van der Waals surface area contributed by atoms with E-state index in [1.165, 1.54) is 42.1 Å². The number of nitrogens with one attached hydrogen (secondary N) is 2. The maximum Gasteiger partial charge on any atom is 0.418 e. The lowest BCUT2D eigenvalue weighted by molar-refractivity contribution is -0.137. The number of amides is 2. The van der Waals surface area contributed by atoms with Crippen LogP contribution >= 0.6 is 11.3 Å². The zero-order valence-corrected chi connectivity index (χ0v) is 19.4. The number of aromatic nitrogens is 5. The number of ether oxygens (including phenoxy) is 1. The lowest BCUT2D eigenvalue weighted by Crippen LogP contribution is -2.22. The molecule has 0 saturated heterocycles. The van der Waals surface area contributed by atoms with Gasteiger partial charge in [0.25, 0.3) is 0 Å². The number of rotatable bonds is 6. The van der Waals surface area contributed by atoms with E-state index in [4.69, 9.17) is 4.74 Å². The number of carbonyl (C=O) groups is 1. The number of aryl methyl sites for hydroxylation is 1. The fraction of sp³-hybridized carbons (Fsp3) is 0.318. The van der Waals surface area contributed by atoms with Crippen LogP contribution in [0.1, 0.15) is 35.1 Å². The monoisotopic (exact) mass is 503 g/mol. The number of benzene rings is 1. The summed E-state index contributed by atoms with van der Waals surface area (Å²) in [6.07, 6.45) is 1.11. The summed E-state index contributed by atoms with van der Waals surface area (Å²) in [7, 11) is 1.60. The number of carbonyl (C=O) groups excluding carboxylic acids is 1. The van der Waals surface area contributed by atoms with Crippen LogP contribution in [0.2, 0.25) is 0 Å². The van der Waals surface area contributed by atoms with Crippen molar-refractivity contribution in [2.24, 2.45) is 5.92 Å². The molecule has 0 bridgehead atoms. The molecule has 0 spiro atoms. The molecular formula is C22H20F3N7O2S. The largest absolute Gasteiger partial charge is 0.418 e. The number of fused-ring (bicyclic) bond motifs is 1. The Bertz CT molecular complexity index is 1380. The molecule has 1 aliphatic rings. The molecule has 13 heteroatoms. The molecule has 3 aromatic heterocycles. The van der Waals surface area contributed by atoms with Gasteiger partial charge < -0.3 is 15.4 Å². The molecule has 182 valence electrons. The van der Waals surface area contributed by atoms with Gasteiger partial charge in [0.15, 0.2) is 0 Å². The standard InChI is InChI=1S/C22H20F3N7O2S/c1-11-29-18-17(19(34-2)12-3-4-12)15(10-26-20(18)35-11)31-21(33)30-13-5-6-16(32-27-7-8-28-32)14(9-13)22(23,24)25/h5-10,12,19H,3-4H2,1-2H3,(H2,30,31,33). The summed E-state index contributed by atoms with van der Waals surface area (Å²) < 4.78 is 46.8. The normalized spacial score (nSPS) is 14.8. The number of hydrogen-bond acceptors (Lipinski definition) is 7. The van der Waals surface area contributed by atoms with Crippen molar-refractivity contribution in [3.05, 3.63) is 52.9 Å². The number of anilines is 2. The number of hydrogen-bond donors (Lipinski definition) is 2. The molecule has 9 nitrogen and oxygen atoms in total. The van der Waals surface area contributed by atoms with E-state index in [1.54, 1.807) is 7.11 Å². The second-order valence-electron chi connectivity index (χ2n) is 8.09. The average molecular weight is 504 g/mol. The molecule has 5 rings (SSSR count). The number of halogens is 3. The Morgan fingerprint density at radius 2 is 1.97 bits per heavy atom. The van der Waals surface area contributed by atoms with Gasteiger partial charge in [-0.05, 0) is 43.9 Å². The molecule has 2 amide bonds. The first kappa shape index (κ1) is 23.2. The van der Waals surface area contributed by atoms with E-state index in [2.05, 4.69) is 30.8 Å². The van der Waals surface area contributed by atoms with Crippen molar-refractivity contribution in [3.63, 3.8) is 0 Å². The van der Waals surface area contributed by atoms with Crippen molar-refractivity contribution in [1.82, 2.24) is 25.0 Å². The molecule has 0 aliphatic heterocycles. The van der Waals surface area contributed by atoms with Gasteiger partial charge in [0, 0.05) is 18.4 Å². The number of alkyl halides is 3. The Balaban J connectivity index is 1.44. The first-order valence-electron chi connectivity index (χ1n) is 10.7. The van der Waals surface area contributed by atoms with Crippen LogP contribution < -0.4 is 10.6 Å². The van der Waals surface area contributed by atoms with E-state index in [0.29, 0.717) is 17.1 Å². The average Bonchev–Trinajstić information content (AvgIpc) is 3.34. The van der Waals surface area contributed by atoms with Crippen LogP contribution in [0.5, 0.6) is 0 Å². The SMILES string of the molecule is COC(c1c(NC(=O)Nc2ccc(-n3nccn3)c(C(F)(F)F)c2)cnc2sc(C)nc12)C1CC1. The van der Waals surface area contributed by atoms with Crippen LogP contribution in [0, 0.1) is 12.8 Å². The molecule has 0 radical (unpaired) electrons. The summed E-state index contributed by atoms with van der Waals surface area (Å²) in [5.41, 5.74) is 0.483. The zero-order valence-electron chi connectivity index (χ0n) is 18.6. The van der Waals surface area contributed by atoms with Crippen molar-refractivity contribution in [2.45, 2.75) is 32.0 Å². The summed E-state index contributed by atoms with van der Waals surface area (Å²) in [5.74, 6) is 0.300. The molecule has 3 heterocycles. The van der Waals surface area contributed by atoms with E-state index in [0.717, 1.165) is 39.1 Å². The van der Waals surface area contributed by atoms with Gasteiger partial charge >= 0.3 is 12.2 Å². The predicted octanol–water partition coefficient (Wildman–Crippen LogP) is 5.34. The van der Waals surface area contributed by atoms with E-state index < -0.39 is 17.8 Å². The Morgan fingerprint density at radius 3 is 2.63 bits per heavy atom. The maximum absolute atomic E-state index is 13.7. The Hall–Kier alpha value is -3.58. The van der Waals surface area contributed by atoms with Crippen molar-refractivity contribution in [1.29, 1.82) is 0 Å². The highest BCUT2D eigenvalue weighted by atomic mass is 32.1. The third-order valence-corrected chi connectivity index (χ3v) is 6.48. The molecule has 1 aromatic carbocycles. The van der Waals surface area contributed by atoms with E-state index >= 15 is 0 Å². The van der Waals surface area contributed by atoms with Gasteiger partial charge in [-0.3, -0.25) is 0 Å². The van der Waals surface area contributed by atoms with Gasteiger partial charge in [0.1, 0.15) is 10.3 Å². The van der Waals surface area contributed by atoms with Crippen molar-refractivity contribution in [3.8, 4) is 5.69 Å². The fourth-order valence-electron chi connectivity index (χ4n) is 3.97. The predicted molar refractivity (Wildman–Crippen MR) is 124 cm³/mol. The third-order valence-electron chi connectivity index (χ3n) is 5.60. The van der Waals surface area contributed by atoms with Crippen molar-refractivity contribution in [2.75, 3.05) is 17.7 Å². The highest BCUT2D eigenvalue weighted by Gasteiger charge is 2.37. The van der Waals surface area contributed by atoms with Gasteiger partial charge in [0.05, 0.1) is 46.6 Å². The number of thiazole rings is 1. The Kier molecular flexibility index (Phi) is 5.89. The number of methoxy groups -OCH3 is 1. The first-order valence-corrected chi connectivity index (χ1v) is 11.5. The van der Waals surface area contributed by atoms with Crippen LogP contribution in [0.3, 0.4) is 0 Å². The molecule has 4 aromatic rings. The molecule has 1 unspecified atom stereocenters. The molecule has 1 fully saturated rings. The first-order chi connectivity index (χ1) is 16.7. The highest BCUT2D eigenvalue weighted by Crippen LogP contribution is 2.47. The molecule has 1 atom stereocenters. The van der Waals surface area contributed by atoms with E-state index in [9.17, 15) is 18.0 Å². The lowest BCUT2D eigenvalue weighted by Gasteiger charge is -2.20. The van der Waals surface area contributed by atoms with Crippen LogP contribution in [0.4, 0.5) is 29.3 Å². The minimum absolute atomic E-state index is 0.0451. The molecule has 1 aliphatic carbocycles. The van der Waals surface area contributed by atoms with E-state index in [-0.39, 0.29) is 17.5 Å². The number of urea groups is 1. The maximum atomic E-state index is 13.7. The van der Waals surface area contributed by atoms with Crippen molar-refractivity contribution >= 4 is 39.1 Å². The molecular weight excluding hydrogens is 483 g/mol. The number of nitrogens with zero attached hydrogens (tertiary/aromatic N) is 5. The summed E-state index contributed by atoms with van der Waals surface area (Å²) in [5, 5.41) is 13.6. The smallest absolute Gasteiger partial charge is 0.376 e. The molecule has 2 N–H and O–H groups in total. The highest BCUT2D eigenvalue weighted by molar-refractivity contribution is 7.18.